The third kappa shape index (κ3) is 2.25. The number of ether oxygens (including phenoxy) is 1. The van der Waals surface area contributed by atoms with Gasteiger partial charge in [-0.05, 0) is 25.0 Å². The summed E-state index contributed by atoms with van der Waals surface area (Å²) in [6, 6.07) is 6.10. The molecule has 0 radical (unpaired) electrons. The van der Waals surface area contributed by atoms with E-state index in [0.29, 0.717) is 12.8 Å². The second-order valence-corrected chi connectivity index (χ2v) is 6.08. The van der Waals surface area contributed by atoms with Crippen molar-refractivity contribution in [3.8, 4) is 5.75 Å². The third-order valence-corrected chi connectivity index (χ3v) is 3.79. The van der Waals surface area contributed by atoms with Gasteiger partial charge in [-0.3, -0.25) is 4.79 Å². The summed E-state index contributed by atoms with van der Waals surface area (Å²) in [5.41, 5.74) is 2.06. The van der Waals surface area contributed by atoms with Gasteiger partial charge in [0, 0.05) is 31.3 Å². The molecule has 0 saturated heterocycles. The number of carbonyl (C=O) groups is 1. The van der Waals surface area contributed by atoms with E-state index >= 15 is 0 Å². The van der Waals surface area contributed by atoms with Crippen LogP contribution in [0.5, 0.6) is 5.75 Å². The van der Waals surface area contributed by atoms with Crippen LogP contribution < -0.4 is 4.74 Å². The van der Waals surface area contributed by atoms with Crippen molar-refractivity contribution in [1.29, 1.82) is 0 Å². The molecule has 3 heteroatoms. The van der Waals surface area contributed by atoms with Gasteiger partial charge in [0.1, 0.15) is 11.4 Å². The van der Waals surface area contributed by atoms with Gasteiger partial charge in [-0.25, -0.2) is 0 Å². The van der Waals surface area contributed by atoms with Crippen LogP contribution in [0.1, 0.15) is 43.7 Å². The van der Waals surface area contributed by atoms with E-state index in [4.69, 9.17) is 4.74 Å². The molecule has 1 heterocycles. The highest BCUT2D eigenvalue weighted by atomic mass is 16.5. The van der Waals surface area contributed by atoms with E-state index in [9.17, 15) is 9.90 Å². The summed E-state index contributed by atoms with van der Waals surface area (Å²) in [5.74, 6) is 1.11. The molecule has 1 aromatic rings. The number of hydrogen-bond acceptors (Lipinski definition) is 3. The standard InChI is InChI=1S/C16H18O3/c1-16(2)9-10-4-3-5-14(15(10)19-16)11-6-12(17)8-13(18)7-11/h3-5,8,11,17H,6-7,9H2,1-2H3. The van der Waals surface area contributed by atoms with Gasteiger partial charge in [0.05, 0.1) is 5.76 Å². The van der Waals surface area contributed by atoms with E-state index in [0.717, 1.165) is 17.7 Å². The molecule has 0 fully saturated rings. The number of para-hydroxylation sites is 1. The van der Waals surface area contributed by atoms with Gasteiger partial charge in [-0.2, -0.15) is 0 Å². The van der Waals surface area contributed by atoms with Crippen LogP contribution in [0.4, 0.5) is 0 Å². The highest BCUT2D eigenvalue weighted by Gasteiger charge is 2.34. The van der Waals surface area contributed by atoms with Gasteiger partial charge in [-0.1, -0.05) is 18.2 Å². The average molecular weight is 258 g/mol. The Balaban J connectivity index is 1.98. The maximum atomic E-state index is 11.6. The lowest BCUT2D eigenvalue weighted by atomic mass is 9.85. The average Bonchev–Trinajstić information content (AvgIpc) is 2.60. The predicted molar refractivity (Wildman–Crippen MR) is 72.5 cm³/mol. The highest BCUT2D eigenvalue weighted by Crippen LogP contribution is 2.43. The van der Waals surface area contributed by atoms with Crippen LogP contribution >= 0.6 is 0 Å². The Morgan fingerprint density at radius 2 is 2.11 bits per heavy atom. The molecule has 0 aromatic heterocycles. The molecule has 1 atom stereocenters. The van der Waals surface area contributed by atoms with Gasteiger partial charge in [0.2, 0.25) is 0 Å². The van der Waals surface area contributed by atoms with Gasteiger partial charge in [0.25, 0.3) is 0 Å². The van der Waals surface area contributed by atoms with Crippen LogP contribution in [0.2, 0.25) is 0 Å². The Kier molecular flexibility index (Phi) is 2.66. The number of aliphatic hydroxyl groups excluding tert-OH is 1. The van der Waals surface area contributed by atoms with Crippen molar-refractivity contribution in [1.82, 2.24) is 0 Å². The normalized spacial score (nSPS) is 24.6. The lowest BCUT2D eigenvalue weighted by Gasteiger charge is -2.23. The zero-order valence-corrected chi connectivity index (χ0v) is 11.3. The Labute approximate surface area is 112 Å². The lowest BCUT2D eigenvalue weighted by molar-refractivity contribution is -0.115. The SMILES string of the molecule is CC1(C)Cc2cccc(C3CC(=O)C=C(O)C3)c2O1. The maximum absolute atomic E-state index is 11.6. The quantitative estimate of drug-likeness (QED) is 0.840. The molecule has 3 nitrogen and oxygen atoms in total. The fourth-order valence-corrected chi connectivity index (χ4v) is 3.05. The summed E-state index contributed by atoms with van der Waals surface area (Å²) in [7, 11) is 0. The Hall–Kier alpha value is -1.77. The van der Waals surface area contributed by atoms with Crippen LogP contribution in [-0.4, -0.2) is 16.5 Å². The summed E-state index contributed by atoms with van der Waals surface area (Å²) in [6.45, 7) is 4.14. The molecule has 1 aliphatic carbocycles. The van der Waals surface area contributed by atoms with Crippen LogP contribution in [-0.2, 0) is 11.2 Å². The van der Waals surface area contributed by atoms with Crippen molar-refractivity contribution in [3.63, 3.8) is 0 Å². The molecule has 100 valence electrons. The van der Waals surface area contributed by atoms with E-state index in [-0.39, 0.29) is 23.1 Å². The summed E-state index contributed by atoms with van der Waals surface area (Å²) < 4.78 is 6.04. The number of allylic oxidation sites excluding steroid dienone is 2. The van der Waals surface area contributed by atoms with Crippen molar-refractivity contribution in [2.75, 3.05) is 0 Å². The van der Waals surface area contributed by atoms with E-state index in [1.165, 1.54) is 11.6 Å². The Bertz CT molecular complexity index is 569. The first-order valence-electron chi connectivity index (χ1n) is 6.68. The number of fused-ring (bicyclic) bond motifs is 1. The summed E-state index contributed by atoms with van der Waals surface area (Å²) in [4.78, 5) is 11.6. The van der Waals surface area contributed by atoms with Crippen molar-refractivity contribution >= 4 is 5.78 Å². The van der Waals surface area contributed by atoms with E-state index < -0.39 is 0 Å². The largest absolute Gasteiger partial charge is 0.512 e. The second kappa shape index (κ2) is 4.12. The first kappa shape index (κ1) is 12.3. The van der Waals surface area contributed by atoms with E-state index in [1.807, 2.05) is 12.1 Å². The number of aliphatic hydroxyl groups is 1. The van der Waals surface area contributed by atoms with E-state index in [1.54, 1.807) is 0 Å². The van der Waals surface area contributed by atoms with Crippen molar-refractivity contribution < 1.29 is 14.6 Å². The van der Waals surface area contributed by atoms with Crippen molar-refractivity contribution in [2.24, 2.45) is 0 Å². The predicted octanol–water partition coefficient (Wildman–Crippen LogP) is 3.29. The van der Waals surface area contributed by atoms with Gasteiger partial charge in [0.15, 0.2) is 5.78 Å². The highest BCUT2D eigenvalue weighted by molar-refractivity contribution is 5.91. The number of hydrogen-bond donors (Lipinski definition) is 1. The monoisotopic (exact) mass is 258 g/mol. The summed E-state index contributed by atoms with van der Waals surface area (Å²) in [5, 5.41) is 9.66. The van der Waals surface area contributed by atoms with Gasteiger partial charge >= 0.3 is 0 Å². The molecule has 2 aliphatic rings. The van der Waals surface area contributed by atoms with Crippen LogP contribution in [0.3, 0.4) is 0 Å². The molecule has 1 aliphatic heterocycles. The second-order valence-electron chi connectivity index (χ2n) is 6.08. The molecule has 3 rings (SSSR count). The van der Waals surface area contributed by atoms with E-state index in [2.05, 4.69) is 19.9 Å². The number of ketones is 1. The fourth-order valence-electron chi connectivity index (χ4n) is 3.05. The third-order valence-electron chi connectivity index (χ3n) is 3.79. The van der Waals surface area contributed by atoms with Crippen LogP contribution in [0.25, 0.3) is 0 Å². The maximum Gasteiger partial charge on any atom is 0.159 e. The smallest absolute Gasteiger partial charge is 0.159 e. The van der Waals surface area contributed by atoms with Crippen LogP contribution in [0, 0.1) is 0 Å². The molecule has 0 saturated carbocycles. The summed E-state index contributed by atoms with van der Waals surface area (Å²) >= 11 is 0. The molecule has 1 aromatic carbocycles. The van der Waals surface area contributed by atoms with Crippen molar-refractivity contribution in [3.05, 3.63) is 41.2 Å². The Morgan fingerprint density at radius 1 is 1.32 bits per heavy atom. The first-order valence-corrected chi connectivity index (χ1v) is 6.68. The molecule has 0 spiro atoms. The molecule has 1 unspecified atom stereocenters. The molecule has 0 bridgehead atoms. The number of carbonyl (C=O) groups excluding carboxylic acids is 1. The zero-order chi connectivity index (χ0) is 13.6. The summed E-state index contributed by atoms with van der Waals surface area (Å²) in [6.07, 6.45) is 3.19. The molecule has 19 heavy (non-hydrogen) atoms. The minimum Gasteiger partial charge on any atom is -0.512 e. The topological polar surface area (TPSA) is 46.5 Å². The molecular weight excluding hydrogens is 240 g/mol. The van der Waals surface area contributed by atoms with Crippen molar-refractivity contribution in [2.45, 2.75) is 44.6 Å². The number of benzene rings is 1. The minimum absolute atomic E-state index is 0.0105. The fraction of sp³-hybridized carbons (Fsp3) is 0.438. The molecule has 0 amide bonds. The van der Waals surface area contributed by atoms with Gasteiger partial charge in [-0.15, -0.1) is 0 Å². The Morgan fingerprint density at radius 3 is 2.84 bits per heavy atom. The minimum atomic E-state index is -0.186. The van der Waals surface area contributed by atoms with Crippen LogP contribution in [0.15, 0.2) is 30.0 Å². The molecular formula is C16H18O3. The van der Waals surface area contributed by atoms with Gasteiger partial charge < -0.3 is 9.84 Å². The molecule has 1 N–H and O–H groups in total. The first-order chi connectivity index (χ1) is 8.94. The number of rotatable bonds is 1. The lowest BCUT2D eigenvalue weighted by Crippen LogP contribution is -2.25. The zero-order valence-electron chi connectivity index (χ0n) is 11.3.